The Bertz CT molecular complexity index is 874. The Morgan fingerprint density at radius 2 is 1.81 bits per heavy atom. The van der Waals surface area contributed by atoms with Crippen LogP contribution in [0.5, 0.6) is 0 Å². The van der Waals surface area contributed by atoms with E-state index in [-0.39, 0.29) is 13.1 Å². The van der Waals surface area contributed by atoms with Gasteiger partial charge in [-0.15, -0.1) is 11.3 Å². The quantitative estimate of drug-likeness (QED) is 0.776. The zero-order valence-electron chi connectivity index (χ0n) is 15.7. The van der Waals surface area contributed by atoms with E-state index in [2.05, 4.69) is 0 Å². The fourth-order valence-corrected chi connectivity index (χ4v) is 5.73. The lowest BCUT2D eigenvalue weighted by Crippen LogP contribution is -2.53. The lowest BCUT2D eigenvalue weighted by molar-refractivity contribution is 0.0131. The average Bonchev–Trinajstić information content (AvgIpc) is 3.16. The second kappa shape index (κ2) is 7.61. The molecule has 1 atom stereocenters. The van der Waals surface area contributed by atoms with Gasteiger partial charge in [0.05, 0.1) is 6.04 Å². The maximum Gasteiger partial charge on any atom is 0.410 e. The molecule has 3 rings (SSSR count). The van der Waals surface area contributed by atoms with E-state index in [1.807, 2.05) is 51.1 Å². The van der Waals surface area contributed by atoms with Crippen molar-refractivity contribution in [1.29, 1.82) is 0 Å². The van der Waals surface area contributed by atoms with E-state index in [0.717, 1.165) is 5.56 Å². The van der Waals surface area contributed by atoms with Crippen molar-refractivity contribution in [3.63, 3.8) is 0 Å². The molecule has 1 aliphatic heterocycles. The SMILES string of the molecule is CC(C)(C)OC(=O)N1CCN(S(=O)(=O)c2cccs2)C(c2ccccc2)C1. The molecule has 1 fully saturated rings. The highest BCUT2D eigenvalue weighted by Crippen LogP contribution is 2.33. The van der Waals surface area contributed by atoms with Crippen LogP contribution in [-0.4, -0.2) is 49.0 Å². The fourth-order valence-electron chi connectivity index (χ4n) is 3.02. The van der Waals surface area contributed by atoms with Gasteiger partial charge in [0, 0.05) is 19.6 Å². The van der Waals surface area contributed by atoms with E-state index in [1.165, 1.54) is 15.6 Å². The summed E-state index contributed by atoms with van der Waals surface area (Å²) >= 11 is 1.20. The molecule has 1 saturated heterocycles. The topological polar surface area (TPSA) is 66.9 Å². The highest BCUT2D eigenvalue weighted by Gasteiger charge is 2.39. The first-order chi connectivity index (χ1) is 12.7. The Morgan fingerprint density at radius 3 is 2.41 bits per heavy atom. The molecule has 2 aromatic rings. The molecule has 0 bridgehead atoms. The molecular formula is C19H24N2O4S2. The van der Waals surface area contributed by atoms with Crippen LogP contribution in [0.1, 0.15) is 32.4 Å². The van der Waals surface area contributed by atoms with Gasteiger partial charge < -0.3 is 9.64 Å². The minimum absolute atomic E-state index is 0.221. The second-order valence-electron chi connectivity index (χ2n) is 7.40. The number of sulfonamides is 1. The number of benzene rings is 1. The van der Waals surface area contributed by atoms with E-state index in [9.17, 15) is 13.2 Å². The van der Waals surface area contributed by atoms with E-state index in [1.54, 1.807) is 22.4 Å². The number of rotatable bonds is 3. The van der Waals surface area contributed by atoms with Crippen molar-refractivity contribution in [2.45, 2.75) is 36.6 Å². The van der Waals surface area contributed by atoms with Gasteiger partial charge in [0.25, 0.3) is 10.0 Å². The molecule has 1 aliphatic rings. The van der Waals surface area contributed by atoms with Gasteiger partial charge in [-0.3, -0.25) is 0 Å². The smallest absolute Gasteiger partial charge is 0.410 e. The predicted octanol–water partition coefficient (Wildman–Crippen LogP) is 3.73. The zero-order chi connectivity index (χ0) is 19.7. The number of carbonyl (C=O) groups excluding carboxylic acids is 1. The molecule has 0 aliphatic carbocycles. The van der Waals surface area contributed by atoms with Gasteiger partial charge in [0.2, 0.25) is 0 Å². The third-order valence-corrected chi connectivity index (χ3v) is 7.51. The summed E-state index contributed by atoms with van der Waals surface area (Å²) in [6.45, 7) is 6.22. The maximum atomic E-state index is 13.1. The third-order valence-electron chi connectivity index (χ3n) is 4.23. The molecule has 146 valence electrons. The standard InChI is InChI=1S/C19H24N2O4S2/c1-19(2,3)25-18(22)20-11-12-21(27(23,24)17-10-7-13-26-17)16(14-20)15-8-5-4-6-9-15/h4-10,13,16H,11-12,14H2,1-3H3. The molecule has 1 unspecified atom stereocenters. The lowest BCUT2D eigenvalue weighted by Gasteiger charge is -2.40. The van der Waals surface area contributed by atoms with Crippen molar-refractivity contribution in [1.82, 2.24) is 9.21 Å². The van der Waals surface area contributed by atoms with E-state index in [4.69, 9.17) is 4.74 Å². The number of carbonyl (C=O) groups is 1. The number of nitrogens with zero attached hydrogens (tertiary/aromatic N) is 2. The molecule has 0 radical (unpaired) electrons. The monoisotopic (exact) mass is 408 g/mol. The number of hydrogen-bond donors (Lipinski definition) is 0. The maximum absolute atomic E-state index is 13.1. The highest BCUT2D eigenvalue weighted by molar-refractivity contribution is 7.91. The largest absolute Gasteiger partial charge is 0.444 e. The summed E-state index contributed by atoms with van der Waals surface area (Å²) in [5.41, 5.74) is 0.255. The third kappa shape index (κ3) is 4.51. The minimum Gasteiger partial charge on any atom is -0.444 e. The van der Waals surface area contributed by atoms with Gasteiger partial charge in [-0.05, 0) is 37.8 Å². The molecule has 2 heterocycles. The van der Waals surface area contributed by atoms with Crippen LogP contribution >= 0.6 is 11.3 Å². The Kier molecular flexibility index (Phi) is 5.60. The first-order valence-electron chi connectivity index (χ1n) is 8.77. The van der Waals surface area contributed by atoms with E-state index in [0.29, 0.717) is 10.8 Å². The Labute approximate surface area is 164 Å². The lowest BCUT2D eigenvalue weighted by atomic mass is 10.0. The summed E-state index contributed by atoms with van der Waals surface area (Å²) in [5.74, 6) is 0. The number of thiophene rings is 1. The summed E-state index contributed by atoms with van der Waals surface area (Å²) in [6.07, 6.45) is -0.420. The van der Waals surface area contributed by atoms with Crippen molar-refractivity contribution < 1.29 is 17.9 Å². The molecule has 0 spiro atoms. The Hall–Kier alpha value is -1.90. The molecular weight excluding hydrogens is 384 g/mol. The summed E-state index contributed by atoms with van der Waals surface area (Å²) < 4.78 is 33.6. The summed E-state index contributed by atoms with van der Waals surface area (Å²) in [4.78, 5) is 14.1. The van der Waals surface area contributed by atoms with Gasteiger partial charge in [-0.1, -0.05) is 36.4 Å². The van der Waals surface area contributed by atoms with Crippen molar-refractivity contribution in [3.8, 4) is 0 Å². The van der Waals surface area contributed by atoms with Crippen LogP contribution in [0.4, 0.5) is 4.79 Å². The van der Waals surface area contributed by atoms with E-state index < -0.39 is 27.8 Å². The van der Waals surface area contributed by atoms with Crippen LogP contribution in [-0.2, 0) is 14.8 Å². The van der Waals surface area contributed by atoms with Gasteiger partial charge in [-0.2, -0.15) is 4.31 Å². The predicted molar refractivity (Wildman–Crippen MR) is 105 cm³/mol. The number of piperazine rings is 1. The van der Waals surface area contributed by atoms with Crippen molar-refractivity contribution in [3.05, 3.63) is 53.4 Å². The number of amides is 1. The molecule has 8 heteroatoms. The molecule has 0 N–H and O–H groups in total. The molecule has 1 aromatic heterocycles. The number of hydrogen-bond acceptors (Lipinski definition) is 5. The van der Waals surface area contributed by atoms with Crippen molar-refractivity contribution in [2.75, 3.05) is 19.6 Å². The minimum atomic E-state index is -3.63. The van der Waals surface area contributed by atoms with Crippen LogP contribution < -0.4 is 0 Å². The first kappa shape index (κ1) is 19.9. The van der Waals surface area contributed by atoms with Crippen molar-refractivity contribution in [2.24, 2.45) is 0 Å². The summed E-state index contributed by atoms with van der Waals surface area (Å²) in [5, 5.41) is 1.75. The Balaban J connectivity index is 1.91. The molecule has 27 heavy (non-hydrogen) atoms. The van der Waals surface area contributed by atoms with Crippen LogP contribution in [0.2, 0.25) is 0 Å². The summed E-state index contributed by atoms with van der Waals surface area (Å²) in [6, 6.07) is 12.3. The van der Waals surface area contributed by atoms with Gasteiger partial charge in [-0.25, -0.2) is 13.2 Å². The Morgan fingerprint density at radius 1 is 1.11 bits per heavy atom. The van der Waals surface area contributed by atoms with Crippen molar-refractivity contribution >= 4 is 27.5 Å². The van der Waals surface area contributed by atoms with Gasteiger partial charge >= 0.3 is 6.09 Å². The van der Waals surface area contributed by atoms with Gasteiger partial charge in [0.15, 0.2) is 0 Å². The second-order valence-corrected chi connectivity index (χ2v) is 10.5. The summed E-state index contributed by atoms with van der Waals surface area (Å²) in [7, 11) is -3.63. The van der Waals surface area contributed by atoms with Crippen LogP contribution in [0.3, 0.4) is 0 Å². The number of ether oxygens (including phenoxy) is 1. The highest BCUT2D eigenvalue weighted by atomic mass is 32.2. The molecule has 1 aromatic carbocycles. The van der Waals surface area contributed by atoms with Crippen LogP contribution in [0.15, 0.2) is 52.1 Å². The average molecular weight is 409 g/mol. The molecule has 6 nitrogen and oxygen atoms in total. The van der Waals surface area contributed by atoms with E-state index >= 15 is 0 Å². The fraction of sp³-hybridized carbons (Fsp3) is 0.421. The normalized spacial score (nSPS) is 19.1. The van der Waals surface area contributed by atoms with Crippen LogP contribution in [0, 0.1) is 0 Å². The first-order valence-corrected chi connectivity index (χ1v) is 11.1. The zero-order valence-corrected chi connectivity index (χ0v) is 17.3. The van der Waals surface area contributed by atoms with Gasteiger partial charge in [0.1, 0.15) is 9.81 Å². The molecule has 0 saturated carbocycles. The molecule has 1 amide bonds. The van der Waals surface area contributed by atoms with Crippen LogP contribution in [0.25, 0.3) is 0 Å².